The van der Waals surface area contributed by atoms with E-state index >= 15 is 0 Å². The van der Waals surface area contributed by atoms with E-state index in [0.717, 1.165) is 34.3 Å². The molecule has 0 bridgehead atoms. The molecule has 3 nitrogen and oxygen atoms in total. The molecule has 0 spiro atoms. The maximum absolute atomic E-state index is 4.79. The first kappa shape index (κ1) is 25.8. The van der Waals surface area contributed by atoms with E-state index in [9.17, 15) is 0 Å². The molecule has 0 amide bonds. The number of aromatic nitrogens is 2. The van der Waals surface area contributed by atoms with E-state index < -0.39 is 0 Å². The lowest BCUT2D eigenvalue weighted by molar-refractivity contribution is 0.922. The van der Waals surface area contributed by atoms with E-state index in [2.05, 4.69) is 92.2 Å². The van der Waals surface area contributed by atoms with Crippen LogP contribution in [0.2, 0.25) is 0 Å². The normalized spacial score (nSPS) is 9.85. The molecular weight excluding hydrogens is 402 g/mol. The number of hydrogen-bond acceptors (Lipinski definition) is 3. The lowest BCUT2D eigenvalue weighted by Crippen LogP contribution is -1.93. The fourth-order valence-corrected chi connectivity index (χ4v) is 3.44. The summed E-state index contributed by atoms with van der Waals surface area (Å²) in [7, 11) is 0. The van der Waals surface area contributed by atoms with Crippen LogP contribution in [0, 0.1) is 0 Å². The second-order valence-corrected chi connectivity index (χ2v) is 7.53. The minimum atomic E-state index is 0.861. The van der Waals surface area contributed by atoms with Crippen LogP contribution in [-0.4, -0.2) is 9.97 Å². The first-order valence-corrected chi connectivity index (χ1v) is 12.0. The Kier molecular flexibility index (Phi) is 10.8. The van der Waals surface area contributed by atoms with Crippen LogP contribution >= 0.6 is 0 Å². The third kappa shape index (κ3) is 7.01. The summed E-state index contributed by atoms with van der Waals surface area (Å²) in [6.45, 7) is 14.2. The van der Waals surface area contributed by atoms with Crippen molar-refractivity contribution in [3.63, 3.8) is 0 Å². The second-order valence-electron chi connectivity index (χ2n) is 7.53. The predicted octanol–water partition coefficient (Wildman–Crippen LogP) is 8.91. The Morgan fingerprint density at radius 1 is 0.848 bits per heavy atom. The van der Waals surface area contributed by atoms with Crippen molar-refractivity contribution in [3.8, 4) is 22.4 Å². The highest BCUT2D eigenvalue weighted by atomic mass is 14.9. The van der Waals surface area contributed by atoms with Crippen molar-refractivity contribution >= 4 is 16.6 Å². The van der Waals surface area contributed by atoms with Crippen molar-refractivity contribution in [2.24, 2.45) is 0 Å². The van der Waals surface area contributed by atoms with Gasteiger partial charge in [0.05, 0.1) is 17.4 Å². The average molecular weight is 440 g/mol. The van der Waals surface area contributed by atoms with Gasteiger partial charge in [-0.25, -0.2) is 4.98 Å². The van der Waals surface area contributed by atoms with Gasteiger partial charge < -0.3 is 5.32 Å². The predicted molar refractivity (Wildman–Crippen MR) is 146 cm³/mol. The highest BCUT2D eigenvalue weighted by Crippen LogP contribution is 2.29. The monoisotopic (exact) mass is 439 g/mol. The summed E-state index contributed by atoms with van der Waals surface area (Å²) >= 11 is 0. The van der Waals surface area contributed by atoms with Crippen LogP contribution in [0.5, 0.6) is 0 Å². The number of nitrogens with zero attached hydrogens (tertiary/aromatic N) is 2. The average Bonchev–Trinajstić information content (AvgIpc) is 2.87. The second kappa shape index (κ2) is 13.8. The van der Waals surface area contributed by atoms with Gasteiger partial charge in [-0.05, 0) is 41.4 Å². The van der Waals surface area contributed by atoms with Crippen molar-refractivity contribution in [3.05, 3.63) is 91.4 Å². The van der Waals surface area contributed by atoms with Crippen LogP contribution in [0.1, 0.15) is 53.0 Å². The van der Waals surface area contributed by atoms with Crippen LogP contribution in [-0.2, 0) is 6.42 Å². The number of pyridine rings is 2. The van der Waals surface area contributed by atoms with E-state index in [4.69, 9.17) is 4.98 Å². The smallest absolute Gasteiger partial charge is 0.0913 e. The van der Waals surface area contributed by atoms with Crippen LogP contribution in [0.25, 0.3) is 33.3 Å². The van der Waals surface area contributed by atoms with Crippen LogP contribution in [0.3, 0.4) is 0 Å². The summed E-state index contributed by atoms with van der Waals surface area (Å²) in [4.78, 5) is 8.99. The van der Waals surface area contributed by atoms with Crippen molar-refractivity contribution < 1.29 is 0 Å². The number of hydrogen-bond donors (Lipinski definition) is 1. The van der Waals surface area contributed by atoms with E-state index in [0.29, 0.717) is 0 Å². The van der Waals surface area contributed by atoms with Gasteiger partial charge in [0, 0.05) is 22.8 Å². The summed E-state index contributed by atoms with van der Waals surface area (Å²) in [5.74, 6) is 0. The maximum atomic E-state index is 4.79. The zero-order chi connectivity index (χ0) is 24.1. The lowest BCUT2D eigenvalue weighted by atomic mass is 10.00. The molecule has 0 radical (unpaired) electrons. The van der Waals surface area contributed by atoms with Gasteiger partial charge in [0.1, 0.15) is 0 Å². The van der Waals surface area contributed by atoms with E-state index in [1.165, 1.54) is 29.5 Å². The molecular formula is C30H37N3. The number of rotatable bonds is 6. The first-order chi connectivity index (χ1) is 16.2. The molecule has 0 aliphatic carbocycles. The quantitative estimate of drug-likeness (QED) is 0.326. The van der Waals surface area contributed by atoms with Crippen molar-refractivity contribution in [2.75, 3.05) is 5.32 Å². The zero-order valence-corrected chi connectivity index (χ0v) is 20.7. The number of nitrogens with one attached hydrogen (secondary N) is 1. The number of benzene rings is 2. The minimum absolute atomic E-state index is 0.861. The highest BCUT2D eigenvalue weighted by Gasteiger charge is 2.08. The Bertz CT molecular complexity index is 1110. The SMILES string of the molecule is C=CNc1cc(-c2ccc(-c3ccc(CCC)cc3)cc2)nc2cnccc12.CC.CCC. The summed E-state index contributed by atoms with van der Waals surface area (Å²) in [6.07, 6.45) is 8.80. The first-order valence-electron chi connectivity index (χ1n) is 12.0. The van der Waals surface area contributed by atoms with Gasteiger partial charge in [-0.3, -0.25) is 4.98 Å². The Morgan fingerprint density at radius 3 is 2.00 bits per heavy atom. The molecule has 33 heavy (non-hydrogen) atoms. The Morgan fingerprint density at radius 2 is 1.42 bits per heavy atom. The van der Waals surface area contributed by atoms with Gasteiger partial charge in [0.25, 0.3) is 0 Å². The van der Waals surface area contributed by atoms with Crippen LogP contribution in [0.4, 0.5) is 5.69 Å². The molecule has 0 aliphatic rings. The fourth-order valence-electron chi connectivity index (χ4n) is 3.44. The molecule has 0 aliphatic heterocycles. The summed E-state index contributed by atoms with van der Waals surface area (Å²) < 4.78 is 0. The van der Waals surface area contributed by atoms with E-state index in [1.807, 2.05) is 19.9 Å². The maximum Gasteiger partial charge on any atom is 0.0913 e. The van der Waals surface area contributed by atoms with Crippen LogP contribution in [0.15, 0.2) is 85.8 Å². The molecule has 2 aromatic carbocycles. The van der Waals surface area contributed by atoms with Gasteiger partial charge in [-0.2, -0.15) is 0 Å². The molecule has 2 heterocycles. The third-order valence-corrected chi connectivity index (χ3v) is 4.88. The molecule has 1 N–H and O–H groups in total. The molecule has 0 unspecified atom stereocenters. The number of aryl methyl sites for hydroxylation is 1. The summed E-state index contributed by atoms with van der Waals surface area (Å²) in [5, 5.41) is 4.24. The van der Waals surface area contributed by atoms with Gasteiger partial charge in [-0.1, -0.05) is 103 Å². The molecule has 0 atom stereocenters. The highest BCUT2D eigenvalue weighted by molar-refractivity contribution is 5.93. The molecule has 4 rings (SSSR count). The minimum Gasteiger partial charge on any atom is -0.362 e. The van der Waals surface area contributed by atoms with E-state index in [-0.39, 0.29) is 0 Å². The standard InChI is InChI=1S/C25H23N3.C3H8.C2H6/c1-3-5-18-6-8-19(9-7-18)20-10-12-21(13-11-20)23-16-24(27-4-2)22-14-15-26-17-25(22)28-23;1-3-2;1-2/h4,6-17H,2-3,5H2,1H3,(H,27,28);3H2,1-2H3;1-2H3. The lowest BCUT2D eigenvalue weighted by Gasteiger charge is -2.10. The van der Waals surface area contributed by atoms with Gasteiger partial charge in [0.15, 0.2) is 0 Å². The molecule has 3 heteroatoms. The number of anilines is 1. The van der Waals surface area contributed by atoms with Crippen molar-refractivity contribution in [1.82, 2.24) is 9.97 Å². The van der Waals surface area contributed by atoms with Gasteiger partial charge in [-0.15, -0.1) is 0 Å². The number of fused-ring (bicyclic) bond motifs is 1. The van der Waals surface area contributed by atoms with Gasteiger partial charge in [0.2, 0.25) is 0 Å². The summed E-state index contributed by atoms with van der Waals surface area (Å²) in [6, 6.07) is 21.4. The third-order valence-electron chi connectivity index (χ3n) is 4.88. The fraction of sp³-hybridized carbons (Fsp3) is 0.267. The largest absolute Gasteiger partial charge is 0.362 e. The molecule has 4 aromatic rings. The Labute approximate surface area is 199 Å². The molecule has 172 valence electrons. The molecule has 0 saturated carbocycles. The van der Waals surface area contributed by atoms with Crippen molar-refractivity contribution in [2.45, 2.75) is 53.9 Å². The molecule has 0 fully saturated rings. The van der Waals surface area contributed by atoms with E-state index in [1.54, 1.807) is 18.6 Å². The zero-order valence-electron chi connectivity index (χ0n) is 20.7. The Hall–Kier alpha value is -3.46. The molecule has 2 aromatic heterocycles. The van der Waals surface area contributed by atoms with Crippen molar-refractivity contribution in [1.29, 1.82) is 0 Å². The summed E-state index contributed by atoms with van der Waals surface area (Å²) in [5.41, 5.74) is 7.65. The Balaban J connectivity index is 0.000000714. The molecule has 0 saturated heterocycles. The van der Waals surface area contributed by atoms with Gasteiger partial charge >= 0.3 is 0 Å². The topological polar surface area (TPSA) is 37.8 Å². The van der Waals surface area contributed by atoms with Crippen LogP contribution < -0.4 is 5.32 Å².